The maximum atomic E-state index is 11.8. The highest BCUT2D eigenvalue weighted by molar-refractivity contribution is 7.87. The molecule has 0 aliphatic carbocycles. The minimum Gasteiger partial charge on any atom is -0.409 e. The molecule has 0 aromatic heterocycles. The molecule has 100 valence electrons. The fraction of sp³-hybridized carbons (Fsp3) is 0.889. The first kappa shape index (κ1) is 14.2. The Hall–Kier alpha value is -0.860. The van der Waals surface area contributed by atoms with Crippen LogP contribution in [0.1, 0.15) is 26.2 Å². The van der Waals surface area contributed by atoms with Gasteiger partial charge < -0.3 is 10.9 Å². The zero-order valence-electron chi connectivity index (χ0n) is 9.96. The van der Waals surface area contributed by atoms with Crippen molar-refractivity contribution in [2.24, 2.45) is 16.8 Å². The van der Waals surface area contributed by atoms with Crippen LogP contribution < -0.4 is 10.5 Å². The summed E-state index contributed by atoms with van der Waals surface area (Å²) in [5, 5.41) is 11.5. The van der Waals surface area contributed by atoms with Crippen LogP contribution in [0, 0.1) is 5.92 Å². The molecule has 0 spiro atoms. The van der Waals surface area contributed by atoms with Gasteiger partial charge in [-0.1, -0.05) is 12.1 Å². The molecule has 1 saturated heterocycles. The molecule has 1 heterocycles. The molecule has 7 nitrogen and oxygen atoms in total. The summed E-state index contributed by atoms with van der Waals surface area (Å²) in [4.78, 5) is 0. The van der Waals surface area contributed by atoms with Crippen molar-refractivity contribution in [2.75, 3.05) is 19.6 Å². The van der Waals surface area contributed by atoms with Crippen LogP contribution in [0.2, 0.25) is 0 Å². The van der Waals surface area contributed by atoms with E-state index < -0.39 is 10.2 Å². The molecular formula is C9H20N4O3S. The second-order valence-corrected chi connectivity index (χ2v) is 5.85. The van der Waals surface area contributed by atoms with Crippen molar-refractivity contribution in [2.45, 2.75) is 26.2 Å². The zero-order chi connectivity index (χ0) is 12.9. The molecule has 1 aliphatic heterocycles. The van der Waals surface area contributed by atoms with Gasteiger partial charge in [-0.3, -0.25) is 0 Å². The summed E-state index contributed by atoms with van der Waals surface area (Å²) >= 11 is 0. The Bertz CT molecular complexity index is 360. The van der Waals surface area contributed by atoms with Gasteiger partial charge in [0.25, 0.3) is 10.2 Å². The highest BCUT2D eigenvalue weighted by atomic mass is 32.2. The second kappa shape index (κ2) is 6.18. The Balaban J connectivity index is 2.52. The Kier molecular flexibility index (Phi) is 5.16. The van der Waals surface area contributed by atoms with E-state index in [1.165, 1.54) is 4.31 Å². The lowest BCUT2D eigenvalue weighted by atomic mass is 9.97. The number of piperidine rings is 1. The average molecular weight is 264 g/mol. The van der Waals surface area contributed by atoms with E-state index >= 15 is 0 Å². The molecule has 1 aliphatic rings. The smallest absolute Gasteiger partial charge is 0.279 e. The minimum absolute atomic E-state index is 0.0300. The molecule has 4 N–H and O–H groups in total. The lowest BCUT2D eigenvalue weighted by Gasteiger charge is -2.30. The minimum atomic E-state index is -3.36. The van der Waals surface area contributed by atoms with Crippen LogP contribution in [-0.2, 0) is 10.2 Å². The van der Waals surface area contributed by atoms with E-state index in [0.29, 0.717) is 32.5 Å². The average Bonchev–Trinajstić information content (AvgIpc) is 2.35. The number of hydrogen-bond acceptors (Lipinski definition) is 4. The molecule has 17 heavy (non-hydrogen) atoms. The molecule has 0 unspecified atom stereocenters. The first-order chi connectivity index (χ1) is 8.01. The summed E-state index contributed by atoms with van der Waals surface area (Å²) in [5.41, 5.74) is 5.50. The van der Waals surface area contributed by atoms with Gasteiger partial charge in [-0.2, -0.15) is 12.7 Å². The van der Waals surface area contributed by atoms with Gasteiger partial charge in [0.2, 0.25) is 0 Å². The maximum Gasteiger partial charge on any atom is 0.279 e. The summed E-state index contributed by atoms with van der Waals surface area (Å²) in [6.45, 7) is 3.16. The molecule has 8 heteroatoms. The van der Waals surface area contributed by atoms with E-state index in [1.54, 1.807) is 0 Å². The number of nitrogens with zero attached hydrogens (tertiary/aromatic N) is 2. The summed E-state index contributed by atoms with van der Waals surface area (Å²) in [7, 11) is -3.36. The van der Waals surface area contributed by atoms with Crippen LogP contribution in [0.25, 0.3) is 0 Å². The topological polar surface area (TPSA) is 108 Å². The molecule has 0 aromatic rings. The largest absolute Gasteiger partial charge is 0.409 e. The van der Waals surface area contributed by atoms with Gasteiger partial charge >= 0.3 is 0 Å². The van der Waals surface area contributed by atoms with Gasteiger partial charge in [-0.25, -0.2) is 4.72 Å². The van der Waals surface area contributed by atoms with Gasteiger partial charge in [0.05, 0.1) is 0 Å². The lowest BCUT2D eigenvalue weighted by Crippen LogP contribution is -2.46. The fourth-order valence-electron chi connectivity index (χ4n) is 1.80. The third-order valence-electron chi connectivity index (χ3n) is 2.86. The van der Waals surface area contributed by atoms with Gasteiger partial charge in [0, 0.05) is 25.6 Å². The van der Waals surface area contributed by atoms with Gasteiger partial charge in [-0.15, -0.1) is 0 Å². The third kappa shape index (κ3) is 3.83. The second-order valence-electron chi connectivity index (χ2n) is 4.10. The van der Waals surface area contributed by atoms with E-state index in [2.05, 4.69) is 9.88 Å². The summed E-state index contributed by atoms with van der Waals surface area (Å²) in [6, 6.07) is 0. The molecule has 0 bridgehead atoms. The molecule has 0 amide bonds. The molecule has 0 aromatic carbocycles. The Morgan fingerprint density at radius 2 is 2.12 bits per heavy atom. The van der Waals surface area contributed by atoms with Crippen LogP contribution in [-0.4, -0.2) is 43.4 Å². The summed E-state index contributed by atoms with van der Waals surface area (Å²) < 4.78 is 27.5. The lowest BCUT2D eigenvalue weighted by molar-refractivity contribution is 0.289. The Labute approximate surface area is 102 Å². The van der Waals surface area contributed by atoms with E-state index in [0.717, 1.165) is 6.42 Å². The number of nitrogens with two attached hydrogens (primary N) is 1. The van der Waals surface area contributed by atoms with Gasteiger partial charge in [-0.05, 0) is 19.3 Å². The van der Waals surface area contributed by atoms with Crippen molar-refractivity contribution in [3.63, 3.8) is 0 Å². The van der Waals surface area contributed by atoms with Crippen LogP contribution >= 0.6 is 0 Å². The van der Waals surface area contributed by atoms with Crippen LogP contribution in [0.15, 0.2) is 5.16 Å². The number of nitrogens with one attached hydrogen (secondary N) is 1. The number of amidine groups is 1. The summed E-state index contributed by atoms with van der Waals surface area (Å²) in [5.74, 6) is 0.154. The van der Waals surface area contributed by atoms with Crippen molar-refractivity contribution >= 4 is 16.0 Å². The quantitative estimate of drug-likeness (QED) is 0.274. The predicted molar refractivity (Wildman–Crippen MR) is 64.9 cm³/mol. The first-order valence-corrected chi connectivity index (χ1v) is 7.17. The highest BCUT2D eigenvalue weighted by Crippen LogP contribution is 2.19. The normalized spacial score (nSPS) is 20.6. The fourth-order valence-corrected chi connectivity index (χ4v) is 3.13. The standard InChI is InChI=1S/C9H20N4O3S/c1-2-5-11-17(15,16)13-6-3-8(4-7-13)9(10)12-14/h8,11,14H,2-7H2,1H3,(H2,10,12). The highest BCUT2D eigenvalue weighted by Gasteiger charge is 2.29. The van der Waals surface area contributed by atoms with Gasteiger partial charge in [0.15, 0.2) is 0 Å². The Morgan fingerprint density at radius 3 is 2.59 bits per heavy atom. The first-order valence-electron chi connectivity index (χ1n) is 5.73. The summed E-state index contributed by atoms with van der Waals surface area (Å²) in [6.07, 6.45) is 1.94. The van der Waals surface area contributed by atoms with Gasteiger partial charge in [0.1, 0.15) is 5.84 Å². The molecule has 1 rings (SSSR count). The van der Waals surface area contributed by atoms with Crippen LogP contribution in [0.4, 0.5) is 0 Å². The van der Waals surface area contributed by atoms with Crippen molar-refractivity contribution in [3.8, 4) is 0 Å². The molecule has 0 saturated carbocycles. The Morgan fingerprint density at radius 1 is 1.53 bits per heavy atom. The molecular weight excluding hydrogens is 244 g/mol. The number of rotatable bonds is 5. The molecule has 0 atom stereocenters. The van der Waals surface area contributed by atoms with E-state index in [4.69, 9.17) is 10.9 Å². The maximum absolute atomic E-state index is 11.8. The zero-order valence-corrected chi connectivity index (χ0v) is 10.8. The SMILES string of the molecule is CCCNS(=O)(=O)N1CCC(C(N)=NO)CC1. The van der Waals surface area contributed by atoms with Crippen molar-refractivity contribution in [1.82, 2.24) is 9.03 Å². The van der Waals surface area contributed by atoms with Crippen LogP contribution in [0.3, 0.4) is 0 Å². The third-order valence-corrected chi connectivity index (χ3v) is 4.48. The number of hydrogen-bond donors (Lipinski definition) is 3. The van der Waals surface area contributed by atoms with Crippen LogP contribution in [0.5, 0.6) is 0 Å². The van der Waals surface area contributed by atoms with E-state index in [9.17, 15) is 8.42 Å². The van der Waals surface area contributed by atoms with Crippen molar-refractivity contribution < 1.29 is 13.6 Å². The molecule has 0 radical (unpaired) electrons. The van der Waals surface area contributed by atoms with E-state index in [-0.39, 0.29) is 11.8 Å². The molecule has 1 fully saturated rings. The van der Waals surface area contributed by atoms with Crippen molar-refractivity contribution in [3.05, 3.63) is 0 Å². The van der Waals surface area contributed by atoms with Crippen molar-refractivity contribution in [1.29, 1.82) is 0 Å². The number of oxime groups is 1. The van der Waals surface area contributed by atoms with E-state index in [1.807, 2.05) is 6.92 Å². The monoisotopic (exact) mass is 264 g/mol. The predicted octanol–water partition coefficient (Wildman–Crippen LogP) is -0.311.